The van der Waals surface area contributed by atoms with Crippen LogP contribution in [0.4, 0.5) is 10.1 Å². The molecule has 2 N–H and O–H groups in total. The highest BCUT2D eigenvalue weighted by molar-refractivity contribution is 6.05. The molecule has 5 rings (SSSR count). The summed E-state index contributed by atoms with van der Waals surface area (Å²) in [5, 5.41) is 5.68. The Bertz CT molecular complexity index is 924. The number of anilines is 1. The van der Waals surface area contributed by atoms with Crippen LogP contribution in [-0.4, -0.2) is 79.4 Å². The number of piperidine rings is 2. The lowest BCUT2D eigenvalue weighted by Gasteiger charge is -2.37. The molecule has 0 spiro atoms. The van der Waals surface area contributed by atoms with Gasteiger partial charge in [-0.3, -0.25) is 19.7 Å². The third kappa shape index (κ3) is 4.11. The summed E-state index contributed by atoms with van der Waals surface area (Å²) in [5.41, 5.74) is 1.62. The largest absolute Gasteiger partial charge is 0.369 e. The Hall–Kier alpha value is -2.52. The number of hydrogen-bond donors (Lipinski definition) is 2. The van der Waals surface area contributed by atoms with Crippen molar-refractivity contribution in [1.29, 1.82) is 0 Å². The number of nitrogens with zero attached hydrogens (tertiary/aromatic N) is 3. The molecule has 8 nitrogen and oxygen atoms in total. The number of amides is 3. The molecule has 0 aromatic heterocycles. The maximum absolute atomic E-state index is 15.0. The second-order valence-corrected chi connectivity index (χ2v) is 9.34. The molecule has 9 heteroatoms. The van der Waals surface area contributed by atoms with Gasteiger partial charge in [0.05, 0.1) is 5.69 Å². The predicted molar refractivity (Wildman–Crippen MR) is 117 cm³/mol. The van der Waals surface area contributed by atoms with E-state index in [4.69, 9.17) is 0 Å². The standard InChI is InChI=1S/C23H30FN5O3/c24-18-12-17-16(14-29(23(17)32)19-1-2-21(30)26-22(19)31)11-20(18)28-7-3-15(4-8-28)13-27-9-5-25-6-10-27/h11-12,15,19,25H,1-10,13-14H2,(H,26,30,31). The lowest BCUT2D eigenvalue weighted by molar-refractivity contribution is -0.136. The van der Waals surface area contributed by atoms with Gasteiger partial charge in [0.25, 0.3) is 5.91 Å². The topological polar surface area (TPSA) is 85.0 Å². The van der Waals surface area contributed by atoms with Gasteiger partial charge in [0, 0.05) is 64.3 Å². The van der Waals surface area contributed by atoms with Crippen LogP contribution < -0.4 is 15.5 Å². The second kappa shape index (κ2) is 8.78. The van der Waals surface area contributed by atoms with Crippen molar-refractivity contribution in [2.24, 2.45) is 5.92 Å². The number of piperazine rings is 1. The minimum atomic E-state index is -0.681. The van der Waals surface area contributed by atoms with Gasteiger partial charge in [-0.1, -0.05) is 0 Å². The number of carbonyl (C=O) groups excluding carboxylic acids is 3. The minimum Gasteiger partial charge on any atom is -0.369 e. The van der Waals surface area contributed by atoms with E-state index in [0.717, 1.165) is 64.2 Å². The van der Waals surface area contributed by atoms with Crippen molar-refractivity contribution in [2.45, 2.75) is 38.3 Å². The number of benzene rings is 1. The predicted octanol–water partition coefficient (Wildman–Crippen LogP) is 0.708. The van der Waals surface area contributed by atoms with E-state index in [1.54, 1.807) is 6.07 Å². The summed E-state index contributed by atoms with van der Waals surface area (Å²) >= 11 is 0. The highest BCUT2D eigenvalue weighted by atomic mass is 19.1. The summed E-state index contributed by atoms with van der Waals surface area (Å²) in [6, 6.07) is 2.43. The molecule has 0 aliphatic carbocycles. The maximum atomic E-state index is 15.0. The van der Waals surface area contributed by atoms with Crippen LogP contribution in [0.1, 0.15) is 41.6 Å². The van der Waals surface area contributed by atoms with E-state index in [-0.39, 0.29) is 30.6 Å². The number of hydrogen-bond acceptors (Lipinski definition) is 6. The van der Waals surface area contributed by atoms with Crippen LogP contribution in [0.2, 0.25) is 0 Å². The number of imide groups is 1. The van der Waals surface area contributed by atoms with E-state index < -0.39 is 11.9 Å². The molecule has 0 radical (unpaired) electrons. The first kappa shape index (κ1) is 21.3. The van der Waals surface area contributed by atoms with Gasteiger partial charge in [-0.2, -0.15) is 0 Å². The van der Waals surface area contributed by atoms with Crippen LogP contribution >= 0.6 is 0 Å². The molecule has 172 valence electrons. The molecule has 1 atom stereocenters. The van der Waals surface area contributed by atoms with E-state index >= 15 is 4.39 Å². The Morgan fingerprint density at radius 1 is 1.00 bits per heavy atom. The molecule has 4 aliphatic heterocycles. The average Bonchev–Trinajstić information content (AvgIpc) is 3.10. The summed E-state index contributed by atoms with van der Waals surface area (Å²) in [4.78, 5) is 42.6. The molecule has 1 aromatic carbocycles. The Labute approximate surface area is 187 Å². The van der Waals surface area contributed by atoms with E-state index in [0.29, 0.717) is 23.6 Å². The Morgan fingerprint density at radius 2 is 1.75 bits per heavy atom. The SMILES string of the molecule is O=C1CCC(N2Cc3cc(N4CCC(CN5CCNCC5)CC4)c(F)cc3C2=O)C(=O)N1. The van der Waals surface area contributed by atoms with Gasteiger partial charge in [0.1, 0.15) is 11.9 Å². The van der Waals surface area contributed by atoms with E-state index in [2.05, 4.69) is 20.4 Å². The Balaban J connectivity index is 1.25. The highest BCUT2D eigenvalue weighted by Crippen LogP contribution is 2.34. The zero-order valence-corrected chi connectivity index (χ0v) is 18.2. The van der Waals surface area contributed by atoms with Crippen molar-refractivity contribution in [3.63, 3.8) is 0 Å². The first-order valence-electron chi connectivity index (χ1n) is 11.6. The van der Waals surface area contributed by atoms with Crippen molar-refractivity contribution in [3.8, 4) is 0 Å². The molecule has 3 saturated heterocycles. The minimum absolute atomic E-state index is 0.207. The zero-order valence-electron chi connectivity index (χ0n) is 18.2. The number of fused-ring (bicyclic) bond motifs is 1. The van der Waals surface area contributed by atoms with E-state index in [1.165, 1.54) is 11.0 Å². The lowest BCUT2D eigenvalue weighted by Crippen LogP contribution is -2.52. The van der Waals surface area contributed by atoms with Gasteiger partial charge in [0.2, 0.25) is 11.8 Å². The summed E-state index contributed by atoms with van der Waals surface area (Å²) in [6.07, 6.45) is 2.57. The van der Waals surface area contributed by atoms with Crippen LogP contribution in [0, 0.1) is 11.7 Å². The van der Waals surface area contributed by atoms with Crippen molar-refractivity contribution in [2.75, 3.05) is 50.7 Å². The Kier molecular flexibility index (Phi) is 5.86. The smallest absolute Gasteiger partial charge is 0.255 e. The van der Waals surface area contributed by atoms with Crippen LogP contribution in [0.5, 0.6) is 0 Å². The monoisotopic (exact) mass is 443 g/mol. The molecule has 0 bridgehead atoms. The van der Waals surface area contributed by atoms with Crippen molar-refractivity contribution < 1.29 is 18.8 Å². The first-order valence-corrected chi connectivity index (χ1v) is 11.6. The van der Waals surface area contributed by atoms with Crippen LogP contribution in [0.15, 0.2) is 12.1 Å². The molecular formula is C23H30FN5O3. The third-order valence-electron chi connectivity index (χ3n) is 7.27. The summed E-state index contributed by atoms with van der Waals surface area (Å²) in [7, 11) is 0. The third-order valence-corrected chi connectivity index (χ3v) is 7.27. The van der Waals surface area contributed by atoms with E-state index in [9.17, 15) is 14.4 Å². The van der Waals surface area contributed by atoms with Gasteiger partial charge in [-0.25, -0.2) is 4.39 Å². The quantitative estimate of drug-likeness (QED) is 0.667. The van der Waals surface area contributed by atoms with Crippen molar-refractivity contribution in [3.05, 3.63) is 29.1 Å². The van der Waals surface area contributed by atoms with Crippen LogP contribution in [0.25, 0.3) is 0 Å². The van der Waals surface area contributed by atoms with Gasteiger partial charge >= 0.3 is 0 Å². The normalized spacial score (nSPS) is 25.3. The fourth-order valence-electron chi connectivity index (χ4n) is 5.43. The number of carbonyl (C=O) groups is 3. The molecule has 3 amide bonds. The zero-order chi connectivity index (χ0) is 22.2. The first-order chi connectivity index (χ1) is 15.5. The molecular weight excluding hydrogens is 413 g/mol. The molecule has 1 aromatic rings. The van der Waals surface area contributed by atoms with Crippen molar-refractivity contribution >= 4 is 23.4 Å². The van der Waals surface area contributed by atoms with Crippen LogP contribution in [-0.2, 0) is 16.1 Å². The molecule has 1 unspecified atom stereocenters. The van der Waals surface area contributed by atoms with Gasteiger partial charge < -0.3 is 20.0 Å². The molecule has 4 aliphatic rings. The molecule has 0 saturated carbocycles. The lowest BCUT2D eigenvalue weighted by atomic mass is 9.95. The van der Waals surface area contributed by atoms with E-state index in [1.807, 2.05) is 0 Å². The second-order valence-electron chi connectivity index (χ2n) is 9.34. The van der Waals surface area contributed by atoms with Crippen LogP contribution in [0.3, 0.4) is 0 Å². The summed E-state index contributed by atoms with van der Waals surface area (Å²) < 4.78 is 15.0. The average molecular weight is 444 g/mol. The van der Waals surface area contributed by atoms with Gasteiger partial charge in [0.15, 0.2) is 0 Å². The molecule has 4 heterocycles. The maximum Gasteiger partial charge on any atom is 0.255 e. The molecule has 32 heavy (non-hydrogen) atoms. The fraction of sp³-hybridized carbons (Fsp3) is 0.609. The fourth-order valence-corrected chi connectivity index (χ4v) is 5.43. The molecule has 3 fully saturated rings. The Morgan fingerprint density at radius 3 is 2.47 bits per heavy atom. The van der Waals surface area contributed by atoms with Gasteiger partial charge in [-0.15, -0.1) is 0 Å². The number of nitrogens with one attached hydrogen (secondary N) is 2. The van der Waals surface area contributed by atoms with Crippen molar-refractivity contribution in [1.82, 2.24) is 20.4 Å². The number of halogens is 1. The number of rotatable bonds is 4. The summed E-state index contributed by atoms with van der Waals surface area (Å²) in [5.74, 6) is -0.859. The highest BCUT2D eigenvalue weighted by Gasteiger charge is 2.40. The summed E-state index contributed by atoms with van der Waals surface area (Å²) in [6.45, 7) is 7.27. The van der Waals surface area contributed by atoms with Gasteiger partial charge in [-0.05, 0) is 42.9 Å².